The van der Waals surface area contributed by atoms with Crippen molar-refractivity contribution in [2.45, 2.75) is 6.92 Å². The first-order valence-electron chi connectivity index (χ1n) is 4.14. The van der Waals surface area contributed by atoms with Crippen molar-refractivity contribution in [3.05, 3.63) is 35.1 Å². The van der Waals surface area contributed by atoms with Gasteiger partial charge in [-0.3, -0.25) is 5.10 Å². The minimum Gasteiger partial charge on any atom is -0.323 e. The van der Waals surface area contributed by atoms with Gasteiger partial charge in [-0.15, -0.1) is 0 Å². The maximum absolute atomic E-state index is 5.71. The van der Waals surface area contributed by atoms with Crippen molar-refractivity contribution >= 4 is 23.2 Å². The summed E-state index contributed by atoms with van der Waals surface area (Å²) in [4.78, 5) is 4.09. The number of hydrogen-bond donors (Lipinski definition) is 2. The molecule has 0 aliphatic heterocycles. The van der Waals surface area contributed by atoms with Gasteiger partial charge in [0.15, 0.2) is 5.82 Å². The zero-order valence-electron chi connectivity index (χ0n) is 7.58. The molecule has 72 valence electrons. The molecule has 2 heterocycles. The highest BCUT2D eigenvalue weighted by atomic mass is 35.5. The average molecular weight is 209 g/mol. The van der Waals surface area contributed by atoms with Gasteiger partial charge in [0.25, 0.3) is 0 Å². The summed E-state index contributed by atoms with van der Waals surface area (Å²) in [6, 6.07) is 5.47. The number of rotatable bonds is 2. The lowest BCUT2D eigenvalue weighted by Crippen LogP contribution is -1.92. The third kappa shape index (κ3) is 2.03. The van der Waals surface area contributed by atoms with E-state index >= 15 is 0 Å². The fourth-order valence-electron chi connectivity index (χ4n) is 1.06. The van der Waals surface area contributed by atoms with E-state index in [2.05, 4.69) is 20.5 Å². The Morgan fingerprint density at radius 3 is 2.79 bits per heavy atom. The highest BCUT2D eigenvalue weighted by Crippen LogP contribution is 2.14. The number of hydrogen-bond acceptors (Lipinski definition) is 3. The number of nitrogens with one attached hydrogen (secondary N) is 2. The highest BCUT2D eigenvalue weighted by molar-refractivity contribution is 6.30. The number of aromatic amines is 1. The first kappa shape index (κ1) is 9.02. The van der Waals surface area contributed by atoms with E-state index in [9.17, 15) is 0 Å². The molecule has 4 nitrogen and oxygen atoms in total. The summed E-state index contributed by atoms with van der Waals surface area (Å²) in [5, 5.41) is 10.5. The normalized spacial score (nSPS) is 10.1. The molecule has 0 saturated carbocycles. The summed E-state index contributed by atoms with van der Waals surface area (Å²) in [5.74, 6) is 1.47. The van der Waals surface area contributed by atoms with Gasteiger partial charge in [-0.25, -0.2) is 4.98 Å². The van der Waals surface area contributed by atoms with Crippen LogP contribution in [0.15, 0.2) is 24.4 Å². The van der Waals surface area contributed by atoms with Crippen molar-refractivity contribution in [1.82, 2.24) is 15.2 Å². The minimum atomic E-state index is 0.619. The Kier molecular flexibility index (Phi) is 2.37. The monoisotopic (exact) mass is 208 g/mol. The molecule has 0 aliphatic rings. The van der Waals surface area contributed by atoms with E-state index in [1.165, 1.54) is 0 Å². The first-order valence-corrected chi connectivity index (χ1v) is 4.52. The topological polar surface area (TPSA) is 53.6 Å². The number of nitrogens with zero attached hydrogens (tertiary/aromatic N) is 2. The number of pyridine rings is 1. The van der Waals surface area contributed by atoms with Crippen molar-refractivity contribution in [2.75, 3.05) is 5.32 Å². The van der Waals surface area contributed by atoms with Crippen LogP contribution in [-0.4, -0.2) is 15.2 Å². The van der Waals surface area contributed by atoms with E-state index in [-0.39, 0.29) is 0 Å². The summed E-state index contributed by atoms with van der Waals surface area (Å²) < 4.78 is 0. The van der Waals surface area contributed by atoms with E-state index in [1.54, 1.807) is 18.3 Å². The Morgan fingerprint density at radius 2 is 2.21 bits per heavy atom. The Labute approximate surface area is 86.3 Å². The lowest BCUT2D eigenvalue weighted by atomic mass is 10.4. The van der Waals surface area contributed by atoms with Crippen LogP contribution in [0.3, 0.4) is 0 Å². The van der Waals surface area contributed by atoms with Crippen LogP contribution in [0, 0.1) is 6.92 Å². The number of H-pyrrole nitrogens is 1. The molecule has 0 spiro atoms. The number of anilines is 2. The second kappa shape index (κ2) is 3.67. The van der Waals surface area contributed by atoms with Gasteiger partial charge in [0.05, 0.1) is 5.02 Å². The van der Waals surface area contributed by atoms with E-state index in [0.717, 1.165) is 17.3 Å². The van der Waals surface area contributed by atoms with E-state index in [4.69, 9.17) is 11.6 Å². The molecule has 0 amide bonds. The van der Waals surface area contributed by atoms with Crippen molar-refractivity contribution in [3.8, 4) is 0 Å². The summed E-state index contributed by atoms with van der Waals surface area (Å²) in [5.41, 5.74) is 1.00. The Morgan fingerprint density at radius 1 is 1.36 bits per heavy atom. The fourth-order valence-corrected chi connectivity index (χ4v) is 1.17. The van der Waals surface area contributed by atoms with Crippen LogP contribution < -0.4 is 5.32 Å². The minimum absolute atomic E-state index is 0.619. The smallest absolute Gasteiger partial charge is 0.153 e. The van der Waals surface area contributed by atoms with Crippen LogP contribution in [-0.2, 0) is 0 Å². The predicted molar refractivity (Wildman–Crippen MR) is 55.9 cm³/mol. The summed E-state index contributed by atoms with van der Waals surface area (Å²) in [7, 11) is 0. The molecule has 14 heavy (non-hydrogen) atoms. The van der Waals surface area contributed by atoms with E-state index in [0.29, 0.717) is 5.02 Å². The van der Waals surface area contributed by atoms with Gasteiger partial charge < -0.3 is 5.32 Å². The van der Waals surface area contributed by atoms with E-state index in [1.807, 2.05) is 13.0 Å². The molecule has 0 aromatic carbocycles. The number of halogens is 1. The Hall–Kier alpha value is -1.55. The molecular formula is C9H9ClN4. The predicted octanol–water partition coefficient (Wildman–Crippen LogP) is 2.51. The zero-order valence-corrected chi connectivity index (χ0v) is 8.34. The van der Waals surface area contributed by atoms with Gasteiger partial charge in [0.2, 0.25) is 0 Å². The maximum Gasteiger partial charge on any atom is 0.153 e. The molecule has 0 atom stereocenters. The first-order chi connectivity index (χ1) is 6.74. The third-order valence-corrected chi connectivity index (χ3v) is 1.91. The molecule has 0 fully saturated rings. The lowest BCUT2D eigenvalue weighted by molar-refractivity contribution is 1.05. The largest absolute Gasteiger partial charge is 0.323 e. The van der Waals surface area contributed by atoms with Crippen molar-refractivity contribution in [3.63, 3.8) is 0 Å². The van der Waals surface area contributed by atoms with Crippen LogP contribution in [0.25, 0.3) is 0 Å². The molecule has 2 aromatic rings. The van der Waals surface area contributed by atoms with Crippen LogP contribution in [0.1, 0.15) is 5.69 Å². The third-order valence-electron chi connectivity index (χ3n) is 1.69. The van der Waals surface area contributed by atoms with Gasteiger partial charge in [-0.1, -0.05) is 11.6 Å². The van der Waals surface area contributed by atoms with Crippen LogP contribution in [0.4, 0.5) is 11.6 Å². The average Bonchev–Trinajstić information content (AvgIpc) is 2.56. The standard InChI is InChI=1S/C9H9ClN4/c1-6-4-9(14-13-6)12-8-3-2-7(10)5-11-8/h2-5H,1H3,(H2,11,12,13,14). The lowest BCUT2D eigenvalue weighted by Gasteiger charge is -2.00. The van der Waals surface area contributed by atoms with Gasteiger partial charge in [0, 0.05) is 18.0 Å². The van der Waals surface area contributed by atoms with Gasteiger partial charge in [-0.2, -0.15) is 5.10 Å². The molecule has 0 saturated heterocycles. The fraction of sp³-hybridized carbons (Fsp3) is 0.111. The molecule has 2 aromatic heterocycles. The van der Waals surface area contributed by atoms with Gasteiger partial charge in [0.1, 0.15) is 5.82 Å². The second-order valence-electron chi connectivity index (χ2n) is 2.92. The Bertz CT molecular complexity index is 421. The number of aromatic nitrogens is 3. The molecule has 0 unspecified atom stereocenters. The van der Waals surface area contributed by atoms with Gasteiger partial charge in [-0.05, 0) is 19.1 Å². The Balaban J connectivity index is 2.15. The van der Waals surface area contributed by atoms with Crippen LogP contribution in [0.5, 0.6) is 0 Å². The van der Waals surface area contributed by atoms with Crippen LogP contribution in [0.2, 0.25) is 5.02 Å². The second-order valence-corrected chi connectivity index (χ2v) is 3.36. The molecule has 0 radical (unpaired) electrons. The van der Waals surface area contributed by atoms with Crippen molar-refractivity contribution < 1.29 is 0 Å². The van der Waals surface area contributed by atoms with Crippen LogP contribution >= 0.6 is 11.6 Å². The number of aryl methyl sites for hydroxylation is 1. The molecule has 2 N–H and O–H groups in total. The molecule has 0 bridgehead atoms. The zero-order chi connectivity index (χ0) is 9.97. The van der Waals surface area contributed by atoms with E-state index < -0.39 is 0 Å². The SMILES string of the molecule is Cc1cc(Nc2ccc(Cl)cn2)n[nH]1. The van der Waals surface area contributed by atoms with Crippen molar-refractivity contribution in [1.29, 1.82) is 0 Å². The van der Waals surface area contributed by atoms with Crippen molar-refractivity contribution in [2.24, 2.45) is 0 Å². The molecule has 5 heteroatoms. The summed E-state index contributed by atoms with van der Waals surface area (Å²) in [6.45, 7) is 1.94. The summed E-state index contributed by atoms with van der Waals surface area (Å²) in [6.07, 6.45) is 1.59. The molecular weight excluding hydrogens is 200 g/mol. The molecule has 2 rings (SSSR count). The summed E-state index contributed by atoms with van der Waals surface area (Å²) >= 11 is 5.71. The van der Waals surface area contributed by atoms with Gasteiger partial charge >= 0.3 is 0 Å². The highest BCUT2D eigenvalue weighted by Gasteiger charge is 1.98. The maximum atomic E-state index is 5.71. The molecule has 0 aliphatic carbocycles. The quantitative estimate of drug-likeness (QED) is 0.798.